The van der Waals surface area contributed by atoms with Crippen molar-refractivity contribution in [2.45, 2.75) is 6.92 Å². The lowest BCUT2D eigenvalue weighted by molar-refractivity contribution is -0.114. The maximum atomic E-state index is 13.0. The molecule has 0 aliphatic heterocycles. The number of benzene rings is 2. The lowest BCUT2D eigenvalue weighted by Gasteiger charge is -2.05. The van der Waals surface area contributed by atoms with Crippen LogP contribution >= 0.6 is 11.3 Å². The van der Waals surface area contributed by atoms with Crippen LogP contribution in [0.3, 0.4) is 0 Å². The van der Waals surface area contributed by atoms with Gasteiger partial charge in [0, 0.05) is 29.1 Å². The van der Waals surface area contributed by atoms with Crippen molar-refractivity contribution >= 4 is 34.0 Å². The Morgan fingerprint density at radius 1 is 1.08 bits per heavy atom. The number of nitrogens with zero attached hydrogens (tertiary/aromatic N) is 1. The first kappa shape index (κ1) is 16.8. The SMILES string of the molecule is CC(=O)Nc1cccc(C(=O)Nc2nc(-c3ccc(F)cc3)cs2)c1. The minimum absolute atomic E-state index is 0.207. The highest BCUT2D eigenvalue weighted by Crippen LogP contribution is 2.25. The zero-order chi connectivity index (χ0) is 17.8. The van der Waals surface area contributed by atoms with Crippen LogP contribution in [0, 0.1) is 5.82 Å². The molecular formula is C18H14FN3O2S. The van der Waals surface area contributed by atoms with Gasteiger partial charge in [0.2, 0.25) is 5.91 Å². The summed E-state index contributed by atoms with van der Waals surface area (Å²) in [7, 11) is 0. The molecular weight excluding hydrogens is 341 g/mol. The molecule has 0 atom stereocenters. The minimum Gasteiger partial charge on any atom is -0.326 e. The molecule has 3 aromatic rings. The molecule has 0 fully saturated rings. The van der Waals surface area contributed by atoms with Crippen LogP contribution in [0.25, 0.3) is 11.3 Å². The van der Waals surface area contributed by atoms with Gasteiger partial charge in [0.25, 0.3) is 5.91 Å². The fraction of sp³-hybridized carbons (Fsp3) is 0.0556. The molecule has 0 saturated heterocycles. The number of thiazole rings is 1. The van der Waals surface area contributed by atoms with E-state index in [9.17, 15) is 14.0 Å². The number of anilines is 2. The number of nitrogens with one attached hydrogen (secondary N) is 2. The van der Waals surface area contributed by atoms with Crippen molar-refractivity contribution in [2.75, 3.05) is 10.6 Å². The molecule has 3 rings (SSSR count). The minimum atomic E-state index is -0.327. The van der Waals surface area contributed by atoms with Crippen molar-refractivity contribution < 1.29 is 14.0 Å². The first-order valence-corrected chi connectivity index (χ1v) is 8.30. The van der Waals surface area contributed by atoms with Crippen molar-refractivity contribution in [3.63, 3.8) is 0 Å². The highest BCUT2D eigenvalue weighted by Gasteiger charge is 2.11. The van der Waals surface area contributed by atoms with E-state index in [4.69, 9.17) is 0 Å². The van der Waals surface area contributed by atoms with Crippen LogP contribution in [0.4, 0.5) is 15.2 Å². The van der Waals surface area contributed by atoms with Crippen LogP contribution in [-0.4, -0.2) is 16.8 Å². The number of carbonyl (C=O) groups excluding carboxylic acids is 2. The second-order valence-electron chi connectivity index (χ2n) is 5.26. The number of aromatic nitrogens is 1. The van der Waals surface area contributed by atoms with Gasteiger partial charge in [0.1, 0.15) is 5.82 Å². The lowest BCUT2D eigenvalue weighted by Crippen LogP contribution is -2.13. The first-order chi connectivity index (χ1) is 12.0. The molecule has 7 heteroatoms. The zero-order valence-electron chi connectivity index (χ0n) is 13.2. The molecule has 0 unspecified atom stereocenters. The van der Waals surface area contributed by atoms with Crippen molar-refractivity contribution in [1.29, 1.82) is 0 Å². The average molecular weight is 355 g/mol. The molecule has 0 aliphatic rings. The summed E-state index contributed by atoms with van der Waals surface area (Å²) < 4.78 is 13.0. The highest BCUT2D eigenvalue weighted by atomic mass is 32.1. The molecule has 0 radical (unpaired) electrons. The third kappa shape index (κ3) is 4.27. The van der Waals surface area contributed by atoms with Gasteiger partial charge in [0.05, 0.1) is 5.69 Å². The number of hydrogen-bond donors (Lipinski definition) is 2. The van der Waals surface area contributed by atoms with Gasteiger partial charge in [-0.1, -0.05) is 6.07 Å². The number of halogens is 1. The summed E-state index contributed by atoms with van der Waals surface area (Å²) >= 11 is 1.28. The molecule has 5 nitrogen and oxygen atoms in total. The van der Waals surface area contributed by atoms with E-state index in [1.54, 1.807) is 41.8 Å². The van der Waals surface area contributed by atoms with E-state index in [-0.39, 0.29) is 17.6 Å². The predicted octanol–water partition coefficient (Wildman–Crippen LogP) is 4.16. The molecule has 25 heavy (non-hydrogen) atoms. The van der Waals surface area contributed by atoms with Crippen LogP contribution < -0.4 is 10.6 Å². The Labute approximate surface area is 147 Å². The van der Waals surface area contributed by atoms with Crippen LogP contribution in [0.2, 0.25) is 0 Å². The Bertz CT molecular complexity index is 922. The van der Waals surface area contributed by atoms with E-state index in [2.05, 4.69) is 15.6 Å². The lowest BCUT2D eigenvalue weighted by atomic mass is 10.2. The molecule has 2 N–H and O–H groups in total. The smallest absolute Gasteiger partial charge is 0.257 e. The summed E-state index contributed by atoms with van der Waals surface area (Å²) in [6.45, 7) is 1.40. The van der Waals surface area contributed by atoms with Crippen molar-refractivity contribution in [3.05, 3.63) is 65.3 Å². The molecule has 0 saturated carbocycles. The topological polar surface area (TPSA) is 71.1 Å². The van der Waals surface area contributed by atoms with Gasteiger partial charge in [-0.2, -0.15) is 0 Å². The van der Waals surface area contributed by atoms with Crippen LogP contribution in [0.15, 0.2) is 53.9 Å². The second-order valence-corrected chi connectivity index (χ2v) is 6.12. The zero-order valence-corrected chi connectivity index (χ0v) is 14.1. The van der Waals surface area contributed by atoms with E-state index in [0.717, 1.165) is 5.56 Å². The summed E-state index contributed by atoms with van der Waals surface area (Å²) in [6.07, 6.45) is 0. The number of hydrogen-bond acceptors (Lipinski definition) is 4. The van der Waals surface area contributed by atoms with Gasteiger partial charge in [-0.25, -0.2) is 9.37 Å². The van der Waals surface area contributed by atoms with Gasteiger partial charge in [-0.3, -0.25) is 14.9 Å². The summed E-state index contributed by atoms with van der Waals surface area (Å²) in [6, 6.07) is 12.6. The van der Waals surface area contributed by atoms with Gasteiger partial charge in [0.15, 0.2) is 5.13 Å². The van der Waals surface area contributed by atoms with Crippen LogP contribution in [-0.2, 0) is 4.79 Å². The van der Waals surface area contributed by atoms with Crippen molar-refractivity contribution in [3.8, 4) is 11.3 Å². The molecule has 0 bridgehead atoms. The fourth-order valence-corrected chi connectivity index (χ4v) is 2.91. The van der Waals surface area contributed by atoms with Gasteiger partial charge in [-0.15, -0.1) is 11.3 Å². The largest absolute Gasteiger partial charge is 0.326 e. The normalized spacial score (nSPS) is 10.3. The molecule has 0 spiro atoms. The van der Waals surface area contributed by atoms with Crippen LogP contribution in [0.5, 0.6) is 0 Å². The quantitative estimate of drug-likeness (QED) is 0.738. The third-order valence-electron chi connectivity index (χ3n) is 3.31. The third-order valence-corrected chi connectivity index (χ3v) is 4.07. The molecule has 126 valence electrons. The van der Waals surface area contributed by atoms with Crippen molar-refractivity contribution in [2.24, 2.45) is 0 Å². The molecule has 1 aromatic heterocycles. The Hall–Kier alpha value is -3.06. The molecule has 1 heterocycles. The van der Waals surface area contributed by atoms with Gasteiger partial charge < -0.3 is 5.32 Å². The van der Waals surface area contributed by atoms with E-state index < -0.39 is 0 Å². The Morgan fingerprint density at radius 2 is 1.84 bits per heavy atom. The monoisotopic (exact) mass is 355 g/mol. The number of amides is 2. The summed E-state index contributed by atoms with van der Waals surface area (Å²) in [5.74, 6) is -0.847. The maximum Gasteiger partial charge on any atom is 0.257 e. The standard InChI is InChI=1S/C18H14FN3O2S/c1-11(23)20-15-4-2-3-13(9-15)17(24)22-18-21-16(10-25-18)12-5-7-14(19)8-6-12/h2-10H,1H3,(H,20,23)(H,21,22,24). The molecule has 2 amide bonds. The number of carbonyl (C=O) groups is 2. The van der Waals surface area contributed by atoms with Crippen LogP contribution in [0.1, 0.15) is 17.3 Å². The molecule has 0 aliphatic carbocycles. The summed E-state index contributed by atoms with van der Waals surface area (Å²) in [5.41, 5.74) is 2.38. The second kappa shape index (κ2) is 7.23. The maximum absolute atomic E-state index is 13.0. The predicted molar refractivity (Wildman–Crippen MR) is 96.2 cm³/mol. The summed E-state index contributed by atoms with van der Waals surface area (Å²) in [4.78, 5) is 27.8. The van der Waals surface area contributed by atoms with E-state index in [1.165, 1.54) is 30.4 Å². The number of rotatable bonds is 4. The van der Waals surface area contributed by atoms with Crippen molar-refractivity contribution in [1.82, 2.24) is 4.98 Å². The first-order valence-electron chi connectivity index (χ1n) is 7.42. The van der Waals surface area contributed by atoms with E-state index >= 15 is 0 Å². The average Bonchev–Trinajstić information content (AvgIpc) is 3.03. The fourth-order valence-electron chi connectivity index (χ4n) is 2.20. The summed E-state index contributed by atoms with van der Waals surface area (Å²) in [5, 5.41) is 7.58. The highest BCUT2D eigenvalue weighted by molar-refractivity contribution is 7.14. The Kier molecular flexibility index (Phi) is 4.85. The molecule has 2 aromatic carbocycles. The van der Waals surface area contributed by atoms with E-state index in [1.807, 2.05) is 0 Å². The van der Waals surface area contributed by atoms with E-state index in [0.29, 0.717) is 22.1 Å². The van der Waals surface area contributed by atoms with Gasteiger partial charge in [-0.05, 0) is 42.5 Å². The Balaban J connectivity index is 1.73. The Morgan fingerprint density at radius 3 is 2.56 bits per heavy atom. The van der Waals surface area contributed by atoms with Gasteiger partial charge >= 0.3 is 0 Å².